The Hall–Kier alpha value is -2.36. The van der Waals surface area contributed by atoms with Gasteiger partial charge >= 0.3 is 5.97 Å². The van der Waals surface area contributed by atoms with Crippen LogP contribution >= 0.6 is 0 Å². The lowest BCUT2D eigenvalue weighted by Crippen LogP contribution is -2.09. The molecule has 18 heavy (non-hydrogen) atoms. The molecule has 92 valence electrons. The Balaban J connectivity index is 1.97. The van der Waals surface area contributed by atoms with Gasteiger partial charge in [0.05, 0.1) is 5.56 Å². The maximum atomic E-state index is 11.0. The standard InChI is InChI=1S/C14H14N2O2/c17-14(18)12-6-1-2-7-13(12)16-10-8-11-5-3-4-9-15-11/h1-7,9,16H,8,10H2,(H,17,18). The van der Waals surface area contributed by atoms with Crippen LogP contribution in [-0.4, -0.2) is 22.6 Å². The van der Waals surface area contributed by atoms with Gasteiger partial charge in [-0.05, 0) is 24.3 Å². The number of rotatable bonds is 5. The highest BCUT2D eigenvalue weighted by Gasteiger charge is 2.07. The van der Waals surface area contributed by atoms with Crippen molar-refractivity contribution in [2.24, 2.45) is 0 Å². The third-order valence-corrected chi connectivity index (χ3v) is 2.58. The van der Waals surface area contributed by atoms with Crippen molar-refractivity contribution >= 4 is 11.7 Å². The summed E-state index contributed by atoms with van der Waals surface area (Å²) in [6, 6.07) is 12.6. The summed E-state index contributed by atoms with van der Waals surface area (Å²) >= 11 is 0. The molecule has 1 heterocycles. The molecule has 0 spiro atoms. The van der Waals surface area contributed by atoms with E-state index in [1.165, 1.54) is 0 Å². The fraction of sp³-hybridized carbons (Fsp3) is 0.143. The Morgan fingerprint density at radius 1 is 1.17 bits per heavy atom. The van der Waals surface area contributed by atoms with Gasteiger partial charge in [-0.15, -0.1) is 0 Å². The first kappa shape index (κ1) is 12.1. The maximum absolute atomic E-state index is 11.0. The fourth-order valence-corrected chi connectivity index (χ4v) is 1.70. The van der Waals surface area contributed by atoms with Crippen LogP contribution in [0.3, 0.4) is 0 Å². The molecule has 4 nitrogen and oxygen atoms in total. The van der Waals surface area contributed by atoms with Gasteiger partial charge in [0.2, 0.25) is 0 Å². The lowest BCUT2D eigenvalue weighted by Gasteiger charge is -2.08. The third kappa shape index (κ3) is 3.07. The van der Waals surface area contributed by atoms with Crippen LogP contribution in [0, 0.1) is 0 Å². The Labute approximate surface area is 105 Å². The van der Waals surface area contributed by atoms with E-state index in [0.29, 0.717) is 17.8 Å². The molecule has 0 radical (unpaired) electrons. The number of aromatic nitrogens is 1. The zero-order valence-corrected chi connectivity index (χ0v) is 9.84. The average Bonchev–Trinajstić information content (AvgIpc) is 2.40. The van der Waals surface area contributed by atoms with Gasteiger partial charge in [0.1, 0.15) is 0 Å². The van der Waals surface area contributed by atoms with Crippen LogP contribution in [0.2, 0.25) is 0 Å². The number of benzene rings is 1. The highest BCUT2D eigenvalue weighted by Crippen LogP contribution is 2.14. The molecule has 1 aromatic heterocycles. The molecule has 0 unspecified atom stereocenters. The normalized spacial score (nSPS) is 10.0. The zero-order valence-electron chi connectivity index (χ0n) is 9.84. The lowest BCUT2D eigenvalue weighted by atomic mass is 10.1. The van der Waals surface area contributed by atoms with E-state index >= 15 is 0 Å². The van der Waals surface area contributed by atoms with Gasteiger partial charge in [-0.1, -0.05) is 18.2 Å². The molecular weight excluding hydrogens is 228 g/mol. The average molecular weight is 242 g/mol. The predicted octanol–water partition coefficient (Wildman–Crippen LogP) is 2.43. The molecule has 0 fully saturated rings. The summed E-state index contributed by atoms with van der Waals surface area (Å²) in [5.41, 5.74) is 1.91. The fourth-order valence-electron chi connectivity index (χ4n) is 1.70. The van der Waals surface area contributed by atoms with E-state index in [2.05, 4.69) is 10.3 Å². The third-order valence-electron chi connectivity index (χ3n) is 2.58. The zero-order chi connectivity index (χ0) is 12.8. The number of aromatic carboxylic acids is 1. The van der Waals surface area contributed by atoms with E-state index in [9.17, 15) is 4.79 Å². The smallest absolute Gasteiger partial charge is 0.337 e. The summed E-state index contributed by atoms with van der Waals surface area (Å²) in [4.78, 5) is 15.2. The molecule has 0 amide bonds. The van der Waals surface area contributed by atoms with Crippen LogP contribution in [0.5, 0.6) is 0 Å². The monoisotopic (exact) mass is 242 g/mol. The van der Waals surface area contributed by atoms with Crippen molar-refractivity contribution in [3.8, 4) is 0 Å². The minimum Gasteiger partial charge on any atom is -0.478 e. The van der Waals surface area contributed by atoms with Crippen molar-refractivity contribution in [3.63, 3.8) is 0 Å². The molecule has 1 aromatic carbocycles. The first-order valence-corrected chi connectivity index (χ1v) is 5.73. The summed E-state index contributed by atoms with van der Waals surface area (Å²) in [5, 5.41) is 12.2. The van der Waals surface area contributed by atoms with E-state index in [4.69, 9.17) is 5.11 Å². The van der Waals surface area contributed by atoms with Crippen molar-refractivity contribution in [1.29, 1.82) is 0 Å². The largest absolute Gasteiger partial charge is 0.478 e. The number of pyridine rings is 1. The topological polar surface area (TPSA) is 62.2 Å². The summed E-state index contributed by atoms with van der Waals surface area (Å²) in [7, 11) is 0. The second kappa shape index (κ2) is 5.82. The first-order chi connectivity index (χ1) is 8.77. The molecule has 0 atom stereocenters. The van der Waals surface area contributed by atoms with Gasteiger partial charge in [-0.25, -0.2) is 4.79 Å². The number of nitrogens with one attached hydrogen (secondary N) is 1. The van der Waals surface area contributed by atoms with Crippen LogP contribution in [0.15, 0.2) is 48.7 Å². The number of anilines is 1. The maximum Gasteiger partial charge on any atom is 0.337 e. The van der Waals surface area contributed by atoms with Gasteiger partial charge in [-0.2, -0.15) is 0 Å². The van der Waals surface area contributed by atoms with Crippen molar-refractivity contribution in [2.75, 3.05) is 11.9 Å². The van der Waals surface area contributed by atoms with Gasteiger partial charge in [0.15, 0.2) is 0 Å². The minimum atomic E-state index is -0.920. The van der Waals surface area contributed by atoms with Gasteiger partial charge in [-0.3, -0.25) is 4.98 Å². The summed E-state index contributed by atoms with van der Waals surface area (Å²) in [6.45, 7) is 0.654. The molecule has 0 aliphatic rings. The quantitative estimate of drug-likeness (QED) is 0.845. The minimum absolute atomic E-state index is 0.290. The SMILES string of the molecule is O=C(O)c1ccccc1NCCc1ccccn1. The molecule has 2 N–H and O–H groups in total. The Morgan fingerprint density at radius 3 is 2.67 bits per heavy atom. The molecule has 0 aliphatic carbocycles. The van der Waals surface area contributed by atoms with Crippen LogP contribution < -0.4 is 5.32 Å². The number of carboxylic acids is 1. The number of hydrogen-bond acceptors (Lipinski definition) is 3. The van der Waals surface area contributed by atoms with Gasteiger partial charge in [0, 0.05) is 30.5 Å². The van der Waals surface area contributed by atoms with Gasteiger partial charge < -0.3 is 10.4 Å². The van der Waals surface area contributed by atoms with Crippen molar-refractivity contribution in [2.45, 2.75) is 6.42 Å². The number of carboxylic acid groups (broad SMARTS) is 1. The van der Waals surface area contributed by atoms with Crippen LogP contribution in [0.25, 0.3) is 0 Å². The summed E-state index contributed by atoms with van der Waals surface area (Å²) < 4.78 is 0. The summed E-state index contributed by atoms with van der Waals surface area (Å²) in [6.07, 6.45) is 2.51. The first-order valence-electron chi connectivity index (χ1n) is 5.73. The lowest BCUT2D eigenvalue weighted by molar-refractivity contribution is 0.0698. The highest BCUT2D eigenvalue weighted by atomic mass is 16.4. The number of hydrogen-bond donors (Lipinski definition) is 2. The molecule has 4 heteroatoms. The molecule has 0 saturated heterocycles. The van der Waals surface area contributed by atoms with Crippen LogP contribution in [-0.2, 0) is 6.42 Å². The van der Waals surface area contributed by atoms with E-state index in [1.807, 2.05) is 24.3 Å². The van der Waals surface area contributed by atoms with Crippen molar-refractivity contribution in [1.82, 2.24) is 4.98 Å². The molecular formula is C14H14N2O2. The number of para-hydroxylation sites is 1. The van der Waals surface area contributed by atoms with Crippen molar-refractivity contribution in [3.05, 3.63) is 59.9 Å². The van der Waals surface area contributed by atoms with E-state index in [1.54, 1.807) is 24.4 Å². The second-order valence-electron chi connectivity index (χ2n) is 3.85. The molecule has 0 bridgehead atoms. The number of nitrogens with zero attached hydrogens (tertiary/aromatic N) is 1. The summed E-state index contributed by atoms with van der Waals surface area (Å²) in [5.74, 6) is -0.920. The van der Waals surface area contributed by atoms with E-state index in [-0.39, 0.29) is 0 Å². The van der Waals surface area contributed by atoms with E-state index in [0.717, 1.165) is 12.1 Å². The Bertz CT molecular complexity index is 526. The van der Waals surface area contributed by atoms with Crippen molar-refractivity contribution < 1.29 is 9.90 Å². The molecule has 2 rings (SSSR count). The number of carbonyl (C=O) groups is 1. The second-order valence-corrected chi connectivity index (χ2v) is 3.85. The predicted molar refractivity (Wildman–Crippen MR) is 69.8 cm³/mol. The Morgan fingerprint density at radius 2 is 1.94 bits per heavy atom. The van der Waals surface area contributed by atoms with Gasteiger partial charge in [0.25, 0.3) is 0 Å². The van der Waals surface area contributed by atoms with E-state index < -0.39 is 5.97 Å². The molecule has 0 aliphatic heterocycles. The van der Waals surface area contributed by atoms with Crippen LogP contribution in [0.1, 0.15) is 16.1 Å². The highest BCUT2D eigenvalue weighted by molar-refractivity contribution is 5.94. The van der Waals surface area contributed by atoms with Crippen LogP contribution in [0.4, 0.5) is 5.69 Å². The molecule has 2 aromatic rings. The Kier molecular flexibility index (Phi) is 3.91. The molecule has 0 saturated carbocycles.